The quantitative estimate of drug-likeness (QED) is 0.527. The molecule has 0 amide bonds. The van der Waals surface area contributed by atoms with Crippen molar-refractivity contribution in [2.24, 2.45) is 0 Å². The molecule has 58 valence electrons. The highest BCUT2D eigenvalue weighted by molar-refractivity contribution is 14.0. The van der Waals surface area contributed by atoms with E-state index >= 15 is 0 Å². The molecule has 0 aromatic rings. The van der Waals surface area contributed by atoms with Crippen LogP contribution in [-0.2, 0) is 0 Å². The van der Waals surface area contributed by atoms with Crippen LogP contribution in [0.1, 0.15) is 19.8 Å². The van der Waals surface area contributed by atoms with Crippen LogP contribution in [0.2, 0.25) is 0 Å². The fraction of sp³-hybridized carbons (Fsp3) is 1.00. The lowest BCUT2D eigenvalue weighted by atomic mass is 10.3. The summed E-state index contributed by atoms with van der Waals surface area (Å²) in [6.07, 6.45) is 2.67. The van der Waals surface area contributed by atoms with Crippen LogP contribution in [0.5, 0.6) is 0 Å². The third-order valence-electron chi connectivity index (χ3n) is 1.18. The number of nitrogens with zero attached hydrogens (tertiary/aromatic N) is 1. The Labute approximate surface area is 76.0 Å². The Morgan fingerprint density at radius 1 is 1.11 bits per heavy atom. The maximum atomic E-state index is 2.23. The van der Waals surface area contributed by atoms with Crippen molar-refractivity contribution in [3.63, 3.8) is 0 Å². The van der Waals surface area contributed by atoms with Crippen LogP contribution >= 0.6 is 24.0 Å². The number of hydrogen-bond acceptors (Lipinski definition) is 0. The molecule has 9 heavy (non-hydrogen) atoms. The summed E-state index contributed by atoms with van der Waals surface area (Å²) in [5.41, 5.74) is 0. The number of hydrogen-bond donors (Lipinski definition) is 0. The van der Waals surface area contributed by atoms with Gasteiger partial charge in [-0.3, -0.25) is 0 Å². The Kier molecular flexibility index (Phi) is 7.52. The van der Waals surface area contributed by atoms with E-state index in [9.17, 15) is 0 Å². The summed E-state index contributed by atoms with van der Waals surface area (Å²) >= 11 is 0. The average molecular weight is 244 g/mol. The van der Waals surface area contributed by atoms with Crippen molar-refractivity contribution in [1.29, 1.82) is 0 Å². The minimum Gasteiger partial charge on any atom is -0.331 e. The second-order valence-electron chi connectivity index (χ2n) is 3.37. The van der Waals surface area contributed by atoms with Crippen molar-refractivity contribution in [3.8, 4) is 0 Å². The molecule has 0 aliphatic carbocycles. The van der Waals surface area contributed by atoms with Crippen molar-refractivity contribution < 1.29 is 4.48 Å². The second kappa shape index (κ2) is 5.47. The van der Waals surface area contributed by atoms with Crippen LogP contribution in [0.3, 0.4) is 0 Å². The third kappa shape index (κ3) is 12.0. The molecule has 0 N–H and O–H groups in total. The zero-order valence-corrected chi connectivity index (χ0v) is 9.31. The van der Waals surface area contributed by atoms with E-state index in [0.717, 1.165) is 4.48 Å². The van der Waals surface area contributed by atoms with Gasteiger partial charge in [-0.15, -0.1) is 24.0 Å². The van der Waals surface area contributed by atoms with Gasteiger partial charge in [0.2, 0.25) is 0 Å². The normalized spacial score (nSPS) is 10.7. The Balaban J connectivity index is 0. The summed E-state index contributed by atoms with van der Waals surface area (Å²) in [6.45, 7) is 3.53. The molecule has 0 aliphatic rings. The van der Waals surface area contributed by atoms with E-state index in [-0.39, 0.29) is 24.0 Å². The van der Waals surface area contributed by atoms with E-state index in [1.165, 1.54) is 19.4 Å². The maximum Gasteiger partial charge on any atom is 0.0780 e. The number of rotatable bonds is 3. The second-order valence-corrected chi connectivity index (χ2v) is 3.37. The zero-order chi connectivity index (χ0) is 6.62. The standard InChI is InChI=1S/C7H18N.HI/c1-5-6-7-8(2,3)4;/h5-7H2,1-4H3;1H/q+1;. The Hall–Kier alpha value is 0.690. The summed E-state index contributed by atoms with van der Waals surface area (Å²) in [7, 11) is 6.70. The molecule has 0 aromatic heterocycles. The van der Waals surface area contributed by atoms with Gasteiger partial charge in [-0.05, 0) is 6.42 Å². The SMILES string of the molecule is CCCC[N+](C)(C)C.I. The van der Waals surface area contributed by atoms with Crippen LogP contribution in [0.4, 0.5) is 0 Å². The predicted molar refractivity (Wildman–Crippen MR) is 53.2 cm³/mol. The fourth-order valence-corrected chi connectivity index (χ4v) is 0.632. The summed E-state index contributed by atoms with van der Waals surface area (Å²) < 4.78 is 1.10. The van der Waals surface area contributed by atoms with Gasteiger partial charge in [0, 0.05) is 0 Å². The number of unbranched alkanes of at least 4 members (excludes halogenated alkanes) is 1. The molecule has 0 atom stereocenters. The molecule has 0 fully saturated rings. The molecule has 1 nitrogen and oxygen atoms in total. The van der Waals surface area contributed by atoms with Crippen molar-refractivity contribution in [3.05, 3.63) is 0 Å². The van der Waals surface area contributed by atoms with Crippen molar-refractivity contribution in [2.75, 3.05) is 27.7 Å². The monoisotopic (exact) mass is 244 g/mol. The number of quaternary nitrogens is 1. The van der Waals surface area contributed by atoms with Crippen LogP contribution < -0.4 is 0 Å². The smallest absolute Gasteiger partial charge is 0.0780 e. The highest BCUT2D eigenvalue weighted by Crippen LogP contribution is 1.94. The minimum absolute atomic E-state index is 0. The molecular formula is C7H19IN+. The molecule has 2 heteroatoms. The first-order valence-corrected chi connectivity index (χ1v) is 3.36. The molecule has 0 radical (unpaired) electrons. The van der Waals surface area contributed by atoms with Crippen LogP contribution in [-0.4, -0.2) is 32.2 Å². The summed E-state index contributed by atoms with van der Waals surface area (Å²) in [4.78, 5) is 0. The fourth-order valence-electron chi connectivity index (χ4n) is 0.632. The molecule has 0 saturated carbocycles. The van der Waals surface area contributed by atoms with Gasteiger partial charge >= 0.3 is 0 Å². The van der Waals surface area contributed by atoms with Crippen LogP contribution in [0, 0.1) is 0 Å². The van der Waals surface area contributed by atoms with E-state index in [1.807, 2.05) is 0 Å². The topological polar surface area (TPSA) is 0 Å². The van der Waals surface area contributed by atoms with E-state index in [2.05, 4.69) is 28.1 Å². The molecule has 0 saturated heterocycles. The van der Waals surface area contributed by atoms with Gasteiger partial charge in [-0.1, -0.05) is 13.3 Å². The molecule has 0 spiro atoms. The average Bonchev–Trinajstić information content (AvgIpc) is 1.59. The lowest BCUT2D eigenvalue weighted by molar-refractivity contribution is -0.870. The Morgan fingerprint density at radius 2 is 1.56 bits per heavy atom. The highest BCUT2D eigenvalue weighted by atomic mass is 127. The van der Waals surface area contributed by atoms with Gasteiger partial charge in [0.1, 0.15) is 0 Å². The minimum atomic E-state index is 0. The zero-order valence-electron chi connectivity index (χ0n) is 6.98. The van der Waals surface area contributed by atoms with Crippen molar-refractivity contribution in [2.45, 2.75) is 19.8 Å². The van der Waals surface area contributed by atoms with Gasteiger partial charge in [0.25, 0.3) is 0 Å². The molecule has 0 rings (SSSR count). The van der Waals surface area contributed by atoms with Gasteiger partial charge in [-0.25, -0.2) is 0 Å². The molecule has 0 aliphatic heterocycles. The molecule has 0 aromatic carbocycles. The van der Waals surface area contributed by atoms with E-state index < -0.39 is 0 Å². The van der Waals surface area contributed by atoms with Gasteiger partial charge in [0.15, 0.2) is 0 Å². The first kappa shape index (κ1) is 12.4. The lowest BCUT2D eigenvalue weighted by Crippen LogP contribution is -2.35. The van der Waals surface area contributed by atoms with Crippen molar-refractivity contribution >= 4 is 24.0 Å². The Bertz CT molecular complexity index is 56.4. The first-order chi connectivity index (χ1) is 3.56. The van der Waals surface area contributed by atoms with Gasteiger partial charge in [-0.2, -0.15) is 0 Å². The summed E-state index contributed by atoms with van der Waals surface area (Å²) in [5, 5.41) is 0. The van der Waals surface area contributed by atoms with E-state index in [1.54, 1.807) is 0 Å². The molecule has 0 unspecified atom stereocenters. The third-order valence-corrected chi connectivity index (χ3v) is 1.18. The maximum absolute atomic E-state index is 2.23. The summed E-state index contributed by atoms with van der Waals surface area (Å²) in [5.74, 6) is 0. The van der Waals surface area contributed by atoms with Crippen LogP contribution in [0.15, 0.2) is 0 Å². The predicted octanol–water partition coefficient (Wildman–Crippen LogP) is 2.11. The molecule has 0 bridgehead atoms. The van der Waals surface area contributed by atoms with Crippen LogP contribution in [0.25, 0.3) is 0 Å². The molecular weight excluding hydrogens is 225 g/mol. The highest BCUT2D eigenvalue weighted by Gasteiger charge is 2.02. The van der Waals surface area contributed by atoms with E-state index in [0.29, 0.717) is 0 Å². The Morgan fingerprint density at radius 3 is 1.67 bits per heavy atom. The summed E-state index contributed by atoms with van der Waals surface area (Å²) in [6, 6.07) is 0. The van der Waals surface area contributed by atoms with E-state index in [4.69, 9.17) is 0 Å². The van der Waals surface area contributed by atoms with Crippen molar-refractivity contribution in [1.82, 2.24) is 0 Å². The largest absolute Gasteiger partial charge is 0.331 e. The molecule has 0 heterocycles. The number of halogens is 1. The lowest BCUT2D eigenvalue weighted by Gasteiger charge is -2.23. The van der Waals surface area contributed by atoms with Gasteiger partial charge < -0.3 is 4.48 Å². The van der Waals surface area contributed by atoms with Gasteiger partial charge in [0.05, 0.1) is 27.7 Å². The first-order valence-electron chi connectivity index (χ1n) is 3.36.